The summed E-state index contributed by atoms with van der Waals surface area (Å²) >= 11 is 7.88. The fraction of sp³-hybridized carbons (Fsp3) is 0.136. The van der Waals surface area contributed by atoms with Gasteiger partial charge in [0.1, 0.15) is 0 Å². The zero-order valence-electron chi connectivity index (χ0n) is 16.8. The average Bonchev–Trinajstić information content (AvgIpc) is 3.34. The molecule has 0 fully saturated rings. The number of carbonyl (C=O) groups excluding carboxylic acids is 1. The molecule has 10 heteroatoms. The zero-order valence-corrected chi connectivity index (χ0v) is 18.4. The fourth-order valence-corrected chi connectivity index (χ4v) is 5.17. The quantitative estimate of drug-likeness (QED) is 0.460. The lowest BCUT2D eigenvalue weighted by Gasteiger charge is -2.15. The van der Waals surface area contributed by atoms with Crippen LogP contribution in [0.1, 0.15) is 28.5 Å². The van der Waals surface area contributed by atoms with Crippen LogP contribution in [0.3, 0.4) is 0 Å². The molecule has 1 amide bonds. The third kappa shape index (κ3) is 3.45. The van der Waals surface area contributed by atoms with Crippen molar-refractivity contribution in [3.05, 3.63) is 64.6 Å². The largest absolute Gasteiger partial charge is 0.478 e. The van der Waals surface area contributed by atoms with Crippen LogP contribution in [-0.2, 0) is 17.6 Å². The number of carboxylic acids is 1. The summed E-state index contributed by atoms with van der Waals surface area (Å²) in [6.07, 6.45) is 4.88. The predicted molar refractivity (Wildman–Crippen MR) is 122 cm³/mol. The van der Waals surface area contributed by atoms with Gasteiger partial charge in [-0.3, -0.25) is 9.78 Å². The fourth-order valence-electron chi connectivity index (χ4n) is 3.79. The van der Waals surface area contributed by atoms with Crippen molar-refractivity contribution in [2.45, 2.75) is 19.8 Å². The topological polar surface area (TPSA) is 110 Å². The molecule has 0 atom stereocenters. The third-order valence-corrected chi connectivity index (χ3v) is 6.47. The summed E-state index contributed by atoms with van der Waals surface area (Å²) in [5.41, 5.74) is 5.06. The highest BCUT2D eigenvalue weighted by Crippen LogP contribution is 2.44. The van der Waals surface area contributed by atoms with Crippen molar-refractivity contribution in [1.82, 2.24) is 19.7 Å². The van der Waals surface area contributed by atoms with E-state index >= 15 is 0 Å². The Balaban J connectivity index is 1.75. The highest BCUT2D eigenvalue weighted by Gasteiger charge is 2.30. The average molecular weight is 466 g/mol. The molecule has 5 rings (SSSR count). The van der Waals surface area contributed by atoms with E-state index < -0.39 is 5.97 Å². The second-order valence-electron chi connectivity index (χ2n) is 7.28. The minimum atomic E-state index is -1.05. The lowest BCUT2D eigenvalue weighted by atomic mass is 9.95. The number of hydrogen-bond acceptors (Lipinski definition) is 6. The number of anilines is 1. The van der Waals surface area contributed by atoms with Crippen molar-refractivity contribution in [3.8, 4) is 27.5 Å². The van der Waals surface area contributed by atoms with E-state index in [0.717, 1.165) is 33.1 Å². The Labute approximate surface area is 191 Å². The zero-order chi connectivity index (χ0) is 22.4. The number of nitrogens with zero attached hydrogens (tertiary/aromatic N) is 4. The first-order chi connectivity index (χ1) is 15.4. The second kappa shape index (κ2) is 7.85. The van der Waals surface area contributed by atoms with Crippen LogP contribution >= 0.6 is 22.9 Å². The number of amides is 1. The first kappa shape index (κ1) is 20.3. The van der Waals surface area contributed by atoms with E-state index in [-0.39, 0.29) is 16.5 Å². The SMILES string of the molecule is CC(=O)Nc1nc2c(s1)-c1c(c(-c3cccnc3)nn1-c1ccc(C(=O)O)cc1Cl)CC2. The van der Waals surface area contributed by atoms with Crippen molar-refractivity contribution in [3.63, 3.8) is 0 Å². The summed E-state index contributed by atoms with van der Waals surface area (Å²) in [5.74, 6) is -1.24. The maximum Gasteiger partial charge on any atom is 0.335 e. The monoisotopic (exact) mass is 465 g/mol. The molecular formula is C22H16ClN5O3S. The highest BCUT2D eigenvalue weighted by molar-refractivity contribution is 7.19. The normalized spacial score (nSPS) is 12.2. The minimum Gasteiger partial charge on any atom is -0.478 e. The highest BCUT2D eigenvalue weighted by atomic mass is 35.5. The van der Waals surface area contributed by atoms with Crippen LogP contribution < -0.4 is 5.32 Å². The molecule has 0 radical (unpaired) electrons. The van der Waals surface area contributed by atoms with E-state index in [1.807, 2.05) is 12.1 Å². The van der Waals surface area contributed by atoms with Gasteiger partial charge in [0.2, 0.25) is 5.91 Å². The molecule has 0 saturated carbocycles. The molecule has 32 heavy (non-hydrogen) atoms. The summed E-state index contributed by atoms with van der Waals surface area (Å²) in [4.78, 5) is 32.6. The second-order valence-corrected chi connectivity index (χ2v) is 8.68. The molecule has 0 unspecified atom stereocenters. The van der Waals surface area contributed by atoms with Gasteiger partial charge in [-0.05, 0) is 43.2 Å². The number of aryl methyl sites for hydroxylation is 1. The number of rotatable bonds is 4. The Hall–Kier alpha value is -3.56. The minimum absolute atomic E-state index is 0.0960. The number of pyridine rings is 1. The molecule has 0 bridgehead atoms. The maximum atomic E-state index is 11.5. The van der Waals surface area contributed by atoms with Crippen LogP contribution in [0.2, 0.25) is 5.02 Å². The van der Waals surface area contributed by atoms with E-state index in [9.17, 15) is 14.7 Å². The van der Waals surface area contributed by atoms with Crippen molar-refractivity contribution in [1.29, 1.82) is 0 Å². The molecule has 1 aromatic carbocycles. The summed E-state index contributed by atoms with van der Waals surface area (Å²) in [5, 5.41) is 17.7. The Morgan fingerprint density at radius 3 is 2.78 bits per heavy atom. The van der Waals surface area contributed by atoms with Gasteiger partial charge in [-0.25, -0.2) is 14.5 Å². The number of aromatic carboxylic acids is 1. The number of hydrogen-bond donors (Lipinski definition) is 2. The molecular weight excluding hydrogens is 450 g/mol. The summed E-state index contributed by atoms with van der Waals surface area (Å²) in [7, 11) is 0. The molecule has 3 aromatic heterocycles. The van der Waals surface area contributed by atoms with E-state index in [0.29, 0.717) is 23.7 Å². The summed E-state index contributed by atoms with van der Waals surface area (Å²) in [6, 6.07) is 8.36. The Morgan fingerprint density at radius 2 is 2.09 bits per heavy atom. The van der Waals surface area contributed by atoms with Gasteiger partial charge in [0.05, 0.1) is 38.2 Å². The molecule has 0 saturated heterocycles. The smallest absolute Gasteiger partial charge is 0.335 e. The number of carbonyl (C=O) groups is 2. The summed E-state index contributed by atoms with van der Waals surface area (Å²) < 4.78 is 1.74. The van der Waals surface area contributed by atoms with Crippen LogP contribution in [0, 0.1) is 0 Å². The van der Waals surface area contributed by atoms with Crippen LogP contribution in [0.4, 0.5) is 5.13 Å². The van der Waals surface area contributed by atoms with Crippen molar-refractivity contribution >= 4 is 39.9 Å². The van der Waals surface area contributed by atoms with Crippen molar-refractivity contribution < 1.29 is 14.7 Å². The van der Waals surface area contributed by atoms with Crippen LogP contribution in [0.5, 0.6) is 0 Å². The van der Waals surface area contributed by atoms with Crippen molar-refractivity contribution in [2.24, 2.45) is 0 Å². The number of fused-ring (bicyclic) bond motifs is 3. The van der Waals surface area contributed by atoms with Crippen molar-refractivity contribution in [2.75, 3.05) is 5.32 Å². The molecule has 160 valence electrons. The lowest BCUT2D eigenvalue weighted by molar-refractivity contribution is -0.114. The van der Waals surface area contributed by atoms with Gasteiger partial charge in [-0.1, -0.05) is 22.9 Å². The van der Waals surface area contributed by atoms with Gasteiger partial charge in [-0.15, -0.1) is 0 Å². The molecule has 3 heterocycles. The molecule has 0 spiro atoms. The molecule has 8 nitrogen and oxygen atoms in total. The van der Waals surface area contributed by atoms with E-state index in [4.69, 9.17) is 16.7 Å². The van der Waals surface area contributed by atoms with E-state index in [2.05, 4.69) is 15.3 Å². The standard InChI is InChI=1S/C22H16ClN5O3S/c1-11(29)25-22-26-16-6-5-14-18(13-3-2-8-24-10-13)27-28(19(14)20(16)32-22)17-7-4-12(21(30)31)9-15(17)23/h2-4,7-10H,5-6H2,1H3,(H,30,31)(H,25,26,29). The first-order valence-electron chi connectivity index (χ1n) is 9.75. The number of aromatic nitrogens is 4. The predicted octanol–water partition coefficient (Wildman–Crippen LogP) is 4.47. The van der Waals surface area contributed by atoms with Gasteiger partial charge >= 0.3 is 5.97 Å². The lowest BCUT2D eigenvalue weighted by Crippen LogP contribution is -2.07. The maximum absolute atomic E-state index is 11.5. The van der Waals surface area contributed by atoms with Crippen LogP contribution in [-0.4, -0.2) is 36.7 Å². The van der Waals surface area contributed by atoms with Gasteiger partial charge in [0.25, 0.3) is 0 Å². The molecule has 1 aliphatic carbocycles. The Morgan fingerprint density at radius 1 is 1.25 bits per heavy atom. The Bertz CT molecular complexity index is 1380. The molecule has 1 aliphatic rings. The third-order valence-electron chi connectivity index (χ3n) is 5.15. The number of carboxylic acid groups (broad SMARTS) is 1. The number of thiazole rings is 1. The molecule has 0 aliphatic heterocycles. The summed E-state index contributed by atoms with van der Waals surface area (Å²) in [6.45, 7) is 1.44. The molecule has 4 aromatic rings. The van der Waals surface area contributed by atoms with Gasteiger partial charge in [0, 0.05) is 30.4 Å². The van der Waals surface area contributed by atoms with Crippen LogP contribution in [0.15, 0.2) is 42.7 Å². The van der Waals surface area contributed by atoms with Gasteiger partial charge in [-0.2, -0.15) is 5.10 Å². The van der Waals surface area contributed by atoms with E-state index in [1.54, 1.807) is 23.1 Å². The Kier molecular flexibility index (Phi) is 4.99. The number of halogens is 1. The van der Waals surface area contributed by atoms with Gasteiger partial charge < -0.3 is 10.4 Å². The molecule has 2 N–H and O–H groups in total. The van der Waals surface area contributed by atoms with Crippen LogP contribution in [0.25, 0.3) is 27.5 Å². The van der Waals surface area contributed by atoms with E-state index in [1.165, 1.54) is 30.4 Å². The van der Waals surface area contributed by atoms with Gasteiger partial charge in [0.15, 0.2) is 5.13 Å². The first-order valence-corrected chi connectivity index (χ1v) is 10.9. The number of nitrogens with one attached hydrogen (secondary N) is 1. The number of benzene rings is 1.